The van der Waals surface area contributed by atoms with E-state index in [1.807, 2.05) is 13.0 Å². The minimum atomic E-state index is -2.47. The lowest BCUT2D eigenvalue weighted by Gasteiger charge is -2.44. The highest BCUT2D eigenvalue weighted by atomic mass is 35.5. The first-order chi connectivity index (χ1) is 12.5. The van der Waals surface area contributed by atoms with Gasteiger partial charge in [-0.25, -0.2) is 0 Å². The third kappa shape index (κ3) is 3.67. The molecule has 0 aromatic carbocycles. The van der Waals surface area contributed by atoms with E-state index in [2.05, 4.69) is 19.9 Å². The maximum absolute atomic E-state index is 12.6. The number of methoxy groups -OCH3 is 1. The van der Waals surface area contributed by atoms with Gasteiger partial charge >= 0.3 is 0 Å². The van der Waals surface area contributed by atoms with Crippen LogP contribution >= 0.6 is 11.6 Å². The van der Waals surface area contributed by atoms with E-state index in [9.17, 15) is 19.8 Å². The van der Waals surface area contributed by atoms with Gasteiger partial charge in [0.2, 0.25) is 23.5 Å². The zero-order valence-corrected chi connectivity index (χ0v) is 16.8. The molecule has 1 aliphatic carbocycles. The van der Waals surface area contributed by atoms with Crippen LogP contribution in [0.1, 0.15) is 34.1 Å². The van der Waals surface area contributed by atoms with Crippen LogP contribution in [0.2, 0.25) is 0 Å². The summed E-state index contributed by atoms with van der Waals surface area (Å²) in [6.07, 6.45) is 6.41. The van der Waals surface area contributed by atoms with Crippen molar-refractivity contribution in [3.05, 3.63) is 46.2 Å². The molecule has 1 heterocycles. The maximum Gasteiger partial charge on any atom is 0.240 e. The van der Waals surface area contributed by atoms with Gasteiger partial charge in [0.1, 0.15) is 5.76 Å². The Balaban J connectivity index is 2.51. The Morgan fingerprint density at radius 1 is 1.44 bits per heavy atom. The van der Waals surface area contributed by atoms with Crippen molar-refractivity contribution >= 4 is 23.2 Å². The van der Waals surface area contributed by atoms with Crippen LogP contribution in [0.3, 0.4) is 0 Å². The third-order valence-electron chi connectivity index (χ3n) is 4.86. The number of halogens is 1. The first kappa shape index (κ1) is 21.6. The van der Waals surface area contributed by atoms with E-state index in [-0.39, 0.29) is 11.3 Å². The zero-order valence-electron chi connectivity index (χ0n) is 16.1. The van der Waals surface area contributed by atoms with Crippen LogP contribution in [0, 0.1) is 5.92 Å². The van der Waals surface area contributed by atoms with Gasteiger partial charge in [0, 0.05) is 12.7 Å². The molecule has 7 heteroatoms. The van der Waals surface area contributed by atoms with Gasteiger partial charge in [-0.05, 0) is 31.9 Å². The Bertz CT molecular complexity index is 773. The molecule has 2 rings (SSSR count). The molecule has 0 aromatic rings. The van der Waals surface area contributed by atoms with Crippen LogP contribution in [-0.4, -0.2) is 46.4 Å². The summed E-state index contributed by atoms with van der Waals surface area (Å²) in [5.74, 6) is -1.43. The monoisotopic (exact) mass is 396 g/mol. The first-order valence-electron chi connectivity index (χ1n) is 8.72. The Morgan fingerprint density at radius 2 is 2.07 bits per heavy atom. The fourth-order valence-corrected chi connectivity index (χ4v) is 3.42. The maximum atomic E-state index is 12.6. The Labute approximate surface area is 163 Å². The Morgan fingerprint density at radius 3 is 2.63 bits per heavy atom. The molecule has 0 spiro atoms. The average molecular weight is 397 g/mol. The standard InChI is InChI=1S/C20H25ClO6/c1-6-11(2)9-12(3)7-8-13-10-14-15(21)16(22)19(4,24)17(23)20(14,25)18(26-5)27-13/h7-11,18,24-25H,6H2,1-5H3/b8-7+,12-9+/t11-,18-,19-,20+/m0/s1. The largest absolute Gasteiger partial charge is 0.461 e. The van der Waals surface area contributed by atoms with Gasteiger partial charge in [-0.15, -0.1) is 0 Å². The topological polar surface area (TPSA) is 93.1 Å². The number of allylic oxidation sites excluding steroid dienone is 4. The van der Waals surface area contributed by atoms with Gasteiger partial charge in [0.05, 0.1) is 5.03 Å². The van der Waals surface area contributed by atoms with E-state index in [4.69, 9.17) is 21.1 Å². The molecular formula is C20H25ClO6. The fourth-order valence-electron chi connectivity index (χ4n) is 3.03. The number of rotatable bonds is 5. The minimum Gasteiger partial charge on any atom is -0.461 e. The average Bonchev–Trinajstić information content (AvgIpc) is 2.63. The van der Waals surface area contributed by atoms with Gasteiger partial charge in [-0.1, -0.05) is 49.6 Å². The second kappa shape index (κ2) is 7.72. The molecule has 0 saturated carbocycles. The molecule has 4 atom stereocenters. The summed E-state index contributed by atoms with van der Waals surface area (Å²) in [6.45, 7) is 7.12. The minimum absolute atomic E-state index is 0.146. The van der Waals surface area contributed by atoms with Crippen molar-refractivity contribution in [1.29, 1.82) is 0 Å². The normalized spacial score (nSPS) is 33.1. The van der Waals surface area contributed by atoms with E-state index in [1.54, 1.807) is 6.08 Å². The lowest BCUT2D eigenvalue weighted by molar-refractivity contribution is -0.210. The molecule has 148 valence electrons. The number of aliphatic hydroxyl groups is 2. The van der Waals surface area contributed by atoms with Crippen molar-refractivity contribution in [2.24, 2.45) is 5.92 Å². The second-order valence-electron chi connectivity index (χ2n) is 7.09. The van der Waals surface area contributed by atoms with Crippen molar-refractivity contribution in [3.8, 4) is 0 Å². The molecule has 0 amide bonds. The lowest BCUT2D eigenvalue weighted by Crippen LogP contribution is -2.66. The van der Waals surface area contributed by atoms with Crippen molar-refractivity contribution in [1.82, 2.24) is 0 Å². The lowest BCUT2D eigenvalue weighted by atomic mass is 9.72. The van der Waals surface area contributed by atoms with E-state index in [1.165, 1.54) is 13.2 Å². The van der Waals surface area contributed by atoms with Crippen molar-refractivity contribution in [3.63, 3.8) is 0 Å². The molecule has 0 saturated heterocycles. The third-order valence-corrected chi connectivity index (χ3v) is 5.24. The Kier molecular flexibility index (Phi) is 6.16. The number of hydrogen-bond donors (Lipinski definition) is 2. The molecule has 27 heavy (non-hydrogen) atoms. The molecule has 0 fully saturated rings. The van der Waals surface area contributed by atoms with E-state index in [0.717, 1.165) is 18.9 Å². The number of carbonyl (C=O) groups excluding carboxylic acids is 2. The highest BCUT2D eigenvalue weighted by Gasteiger charge is 2.63. The van der Waals surface area contributed by atoms with Gasteiger partial charge in [-0.3, -0.25) is 9.59 Å². The van der Waals surface area contributed by atoms with Crippen LogP contribution in [0.25, 0.3) is 0 Å². The Hall–Kier alpha value is -1.73. The summed E-state index contributed by atoms with van der Waals surface area (Å²) in [6, 6.07) is 0. The molecule has 1 aliphatic heterocycles. The van der Waals surface area contributed by atoms with E-state index in [0.29, 0.717) is 5.92 Å². The second-order valence-corrected chi connectivity index (χ2v) is 7.46. The van der Waals surface area contributed by atoms with Crippen molar-refractivity contribution < 1.29 is 29.3 Å². The quantitative estimate of drug-likeness (QED) is 0.548. The molecule has 0 radical (unpaired) electrons. The van der Waals surface area contributed by atoms with Gasteiger partial charge in [0.25, 0.3) is 0 Å². The molecule has 0 aromatic heterocycles. The number of ether oxygens (including phenoxy) is 2. The summed E-state index contributed by atoms with van der Waals surface area (Å²) in [4.78, 5) is 24.9. The summed E-state index contributed by atoms with van der Waals surface area (Å²) < 4.78 is 10.7. The van der Waals surface area contributed by atoms with Gasteiger partial charge in [0.15, 0.2) is 5.60 Å². The predicted molar refractivity (Wildman–Crippen MR) is 101 cm³/mol. The van der Waals surface area contributed by atoms with E-state index >= 15 is 0 Å². The highest BCUT2D eigenvalue weighted by molar-refractivity contribution is 6.48. The van der Waals surface area contributed by atoms with Gasteiger partial charge < -0.3 is 19.7 Å². The van der Waals surface area contributed by atoms with Crippen molar-refractivity contribution in [2.75, 3.05) is 7.11 Å². The summed E-state index contributed by atoms with van der Waals surface area (Å²) in [5, 5.41) is 20.7. The molecule has 6 nitrogen and oxygen atoms in total. The number of ketones is 2. The van der Waals surface area contributed by atoms with Crippen LogP contribution in [0.15, 0.2) is 46.2 Å². The SMILES string of the molecule is CC[C@H](C)/C=C(C)/C=C/C1=CC2=C(Cl)C(=O)[C@](C)(O)C(=O)[C@@]2(O)[C@@H](OC)O1. The molecule has 0 unspecified atom stereocenters. The smallest absolute Gasteiger partial charge is 0.240 e. The number of fused-ring (bicyclic) bond motifs is 1. The first-order valence-corrected chi connectivity index (χ1v) is 9.10. The van der Waals surface area contributed by atoms with Gasteiger partial charge in [-0.2, -0.15) is 0 Å². The van der Waals surface area contributed by atoms with Crippen LogP contribution < -0.4 is 0 Å². The van der Waals surface area contributed by atoms with Crippen LogP contribution in [0.4, 0.5) is 0 Å². The molecular weight excluding hydrogens is 372 g/mol. The van der Waals surface area contributed by atoms with E-state index < -0.39 is 34.1 Å². The number of hydrogen-bond acceptors (Lipinski definition) is 6. The highest BCUT2D eigenvalue weighted by Crippen LogP contribution is 2.43. The summed E-state index contributed by atoms with van der Waals surface area (Å²) in [5.41, 5.74) is -4.00. The predicted octanol–water partition coefficient (Wildman–Crippen LogP) is 2.55. The summed E-state index contributed by atoms with van der Waals surface area (Å²) in [7, 11) is 1.24. The molecule has 2 N–H and O–H groups in total. The van der Waals surface area contributed by atoms with Crippen LogP contribution in [-0.2, 0) is 19.1 Å². The number of carbonyl (C=O) groups is 2. The van der Waals surface area contributed by atoms with Crippen molar-refractivity contribution in [2.45, 2.75) is 51.6 Å². The zero-order chi connectivity index (χ0) is 20.6. The number of Topliss-reactive ketones (excluding diaryl/α,β-unsaturated/α-hetero) is 2. The fraction of sp³-hybridized carbons (Fsp3) is 0.500. The molecule has 0 bridgehead atoms. The summed E-state index contributed by atoms with van der Waals surface area (Å²) >= 11 is 6.08. The molecule has 2 aliphatic rings. The van der Waals surface area contributed by atoms with Crippen LogP contribution in [0.5, 0.6) is 0 Å².